The fourth-order valence-electron chi connectivity index (χ4n) is 3.31. The molecule has 1 fully saturated rings. The number of benzene rings is 1. The van der Waals surface area contributed by atoms with Gasteiger partial charge in [0.1, 0.15) is 11.5 Å². The van der Waals surface area contributed by atoms with Gasteiger partial charge in [-0.15, -0.1) is 0 Å². The van der Waals surface area contributed by atoms with Crippen molar-refractivity contribution in [3.63, 3.8) is 0 Å². The highest BCUT2D eigenvalue weighted by Gasteiger charge is 2.25. The first kappa shape index (κ1) is 13.0. The van der Waals surface area contributed by atoms with Crippen LogP contribution >= 0.6 is 0 Å². The molecule has 4 heteroatoms. The summed E-state index contributed by atoms with van der Waals surface area (Å²) in [5.41, 5.74) is 10.5. The largest absolute Gasteiger partial charge is 0.382 e. The third-order valence-electron chi connectivity index (χ3n) is 4.41. The second-order valence-electron chi connectivity index (χ2n) is 5.82. The maximum absolute atomic E-state index is 6.22. The molecule has 20 heavy (non-hydrogen) atoms. The molecular weight excluding hydrogens is 248 g/mol. The molecule has 0 bridgehead atoms. The summed E-state index contributed by atoms with van der Waals surface area (Å²) in [6.45, 7) is 4.18. The van der Waals surface area contributed by atoms with E-state index >= 15 is 0 Å². The number of aromatic nitrogens is 2. The summed E-state index contributed by atoms with van der Waals surface area (Å²) < 4.78 is 1.59. The maximum Gasteiger partial charge on any atom is 0.150 e. The first-order chi connectivity index (χ1) is 9.59. The highest BCUT2D eigenvalue weighted by atomic mass is 15.4. The van der Waals surface area contributed by atoms with Crippen LogP contribution in [0.3, 0.4) is 0 Å². The van der Waals surface area contributed by atoms with Crippen molar-refractivity contribution in [2.75, 3.05) is 11.6 Å². The zero-order chi connectivity index (χ0) is 14.3. The van der Waals surface area contributed by atoms with Crippen LogP contribution in [0.2, 0.25) is 0 Å². The van der Waals surface area contributed by atoms with E-state index < -0.39 is 0 Å². The van der Waals surface area contributed by atoms with Crippen molar-refractivity contribution >= 4 is 5.82 Å². The summed E-state index contributed by atoms with van der Waals surface area (Å²) in [7, 11) is 0. The molecule has 1 heterocycles. The molecule has 1 aromatic heterocycles. The van der Waals surface area contributed by atoms with E-state index in [4.69, 9.17) is 16.6 Å². The van der Waals surface area contributed by atoms with Crippen LogP contribution in [-0.2, 0) is 0 Å². The van der Waals surface area contributed by atoms with Crippen LogP contribution in [0.5, 0.6) is 0 Å². The zero-order valence-electron chi connectivity index (χ0n) is 12.2. The van der Waals surface area contributed by atoms with E-state index in [0.29, 0.717) is 11.7 Å². The normalized spacial score (nSPS) is 15.9. The van der Waals surface area contributed by atoms with Crippen LogP contribution in [0, 0.1) is 13.8 Å². The van der Waals surface area contributed by atoms with Crippen molar-refractivity contribution in [1.29, 1.82) is 0 Å². The zero-order valence-corrected chi connectivity index (χ0v) is 12.2. The van der Waals surface area contributed by atoms with E-state index in [-0.39, 0.29) is 0 Å². The van der Waals surface area contributed by atoms with Gasteiger partial charge in [0.05, 0.1) is 0 Å². The first-order valence-corrected chi connectivity index (χ1v) is 7.29. The quantitative estimate of drug-likeness (QED) is 0.824. The van der Waals surface area contributed by atoms with Crippen LogP contribution in [0.1, 0.15) is 48.6 Å². The molecule has 106 valence electrons. The molecule has 1 aromatic carbocycles. The maximum atomic E-state index is 6.22. The Bertz CT molecular complexity index is 616. The summed E-state index contributed by atoms with van der Waals surface area (Å²) in [6, 6.07) is 6.24. The number of hydrogen-bond acceptors (Lipinski definition) is 3. The van der Waals surface area contributed by atoms with Gasteiger partial charge >= 0.3 is 0 Å². The van der Waals surface area contributed by atoms with E-state index in [1.807, 2.05) is 0 Å². The number of hydrogen-bond donors (Lipinski definition) is 2. The molecule has 4 nitrogen and oxygen atoms in total. The van der Waals surface area contributed by atoms with Crippen molar-refractivity contribution in [2.24, 2.45) is 0 Å². The highest BCUT2D eigenvalue weighted by Crippen LogP contribution is 2.37. The molecule has 1 saturated carbocycles. The van der Waals surface area contributed by atoms with Gasteiger partial charge < -0.3 is 11.6 Å². The SMILES string of the molecule is Cc1cccc(C)c1-c1nc(C2CCCC2)n(N)c1N. The minimum Gasteiger partial charge on any atom is -0.382 e. The molecule has 0 aliphatic heterocycles. The van der Waals surface area contributed by atoms with Crippen molar-refractivity contribution in [3.8, 4) is 11.3 Å². The minimum atomic E-state index is 0.459. The lowest BCUT2D eigenvalue weighted by atomic mass is 10.00. The minimum absolute atomic E-state index is 0.459. The number of nitrogens with zero attached hydrogens (tertiary/aromatic N) is 2. The number of anilines is 1. The van der Waals surface area contributed by atoms with E-state index in [2.05, 4.69) is 32.0 Å². The summed E-state index contributed by atoms with van der Waals surface area (Å²) in [6.07, 6.45) is 4.85. The summed E-state index contributed by atoms with van der Waals surface area (Å²) in [5.74, 6) is 8.12. The molecule has 0 saturated heterocycles. The third-order valence-corrected chi connectivity index (χ3v) is 4.41. The molecule has 0 spiro atoms. The smallest absolute Gasteiger partial charge is 0.150 e. The average Bonchev–Trinajstić information content (AvgIpc) is 3.02. The second kappa shape index (κ2) is 4.85. The summed E-state index contributed by atoms with van der Waals surface area (Å²) in [4.78, 5) is 4.80. The molecule has 0 atom stereocenters. The lowest BCUT2D eigenvalue weighted by Crippen LogP contribution is -2.17. The summed E-state index contributed by atoms with van der Waals surface area (Å²) in [5, 5.41) is 0. The van der Waals surface area contributed by atoms with Crippen molar-refractivity contribution in [3.05, 3.63) is 35.2 Å². The van der Waals surface area contributed by atoms with Gasteiger partial charge in [-0.05, 0) is 37.8 Å². The third kappa shape index (κ3) is 1.96. The molecule has 0 amide bonds. The predicted molar refractivity (Wildman–Crippen MR) is 82.9 cm³/mol. The number of imidazole rings is 1. The van der Waals surface area contributed by atoms with Crippen LogP contribution < -0.4 is 11.6 Å². The van der Waals surface area contributed by atoms with Gasteiger partial charge in [-0.2, -0.15) is 0 Å². The molecule has 0 unspecified atom stereocenters. The molecule has 3 rings (SSSR count). The van der Waals surface area contributed by atoms with Crippen LogP contribution in [0.25, 0.3) is 11.3 Å². The van der Waals surface area contributed by atoms with Gasteiger partial charge in [0.25, 0.3) is 0 Å². The topological polar surface area (TPSA) is 69.9 Å². The monoisotopic (exact) mass is 270 g/mol. The number of rotatable bonds is 2. The Morgan fingerprint density at radius 2 is 1.75 bits per heavy atom. The second-order valence-corrected chi connectivity index (χ2v) is 5.82. The molecule has 2 aromatic rings. The number of nitrogen functional groups attached to an aromatic ring is 2. The first-order valence-electron chi connectivity index (χ1n) is 7.29. The Labute approximate surface area is 119 Å². The Kier molecular flexibility index (Phi) is 3.16. The van der Waals surface area contributed by atoms with Gasteiger partial charge in [-0.1, -0.05) is 31.0 Å². The fourth-order valence-corrected chi connectivity index (χ4v) is 3.31. The van der Waals surface area contributed by atoms with Gasteiger partial charge in [0.2, 0.25) is 0 Å². The van der Waals surface area contributed by atoms with Crippen molar-refractivity contribution < 1.29 is 0 Å². The Morgan fingerprint density at radius 3 is 2.35 bits per heavy atom. The number of nitrogens with two attached hydrogens (primary N) is 2. The molecule has 4 N–H and O–H groups in total. The van der Waals surface area contributed by atoms with Crippen molar-refractivity contribution in [2.45, 2.75) is 45.4 Å². The lowest BCUT2D eigenvalue weighted by molar-refractivity contribution is 0.648. The standard InChI is InChI=1S/C16H22N4/c1-10-6-5-7-11(2)13(10)14-15(17)20(18)16(19-14)12-8-3-4-9-12/h5-7,12H,3-4,8-9,17-18H2,1-2H3. The average molecular weight is 270 g/mol. The molecule has 1 aliphatic rings. The lowest BCUT2D eigenvalue weighted by Gasteiger charge is -2.08. The van der Waals surface area contributed by atoms with Crippen molar-refractivity contribution in [1.82, 2.24) is 9.66 Å². The van der Waals surface area contributed by atoms with Gasteiger partial charge in [-0.3, -0.25) is 0 Å². The van der Waals surface area contributed by atoms with Crippen LogP contribution in [0.15, 0.2) is 18.2 Å². The fraction of sp³-hybridized carbons (Fsp3) is 0.438. The molecule has 1 aliphatic carbocycles. The van der Waals surface area contributed by atoms with E-state index in [0.717, 1.165) is 17.1 Å². The highest BCUT2D eigenvalue weighted by molar-refractivity contribution is 5.76. The summed E-state index contributed by atoms with van der Waals surface area (Å²) >= 11 is 0. The van der Waals surface area contributed by atoms with E-state index in [9.17, 15) is 0 Å². The van der Waals surface area contributed by atoms with Gasteiger partial charge in [0, 0.05) is 11.5 Å². The van der Waals surface area contributed by atoms with Crippen LogP contribution in [0.4, 0.5) is 5.82 Å². The Morgan fingerprint density at radius 1 is 1.15 bits per heavy atom. The molecule has 0 radical (unpaired) electrons. The molecular formula is C16H22N4. The van der Waals surface area contributed by atoms with Gasteiger partial charge in [-0.25, -0.2) is 9.66 Å². The predicted octanol–water partition coefficient (Wildman–Crippen LogP) is 3.12. The Balaban J connectivity index is 2.13. The van der Waals surface area contributed by atoms with Gasteiger partial charge in [0.15, 0.2) is 5.82 Å². The number of aryl methyl sites for hydroxylation is 2. The van der Waals surface area contributed by atoms with Crippen LogP contribution in [-0.4, -0.2) is 9.66 Å². The van der Waals surface area contributed by atoms with E-state index in [1.165, 1.54) is 36.8 Å². The Hall–Kier alpha value is -1.97. The van der Waals surface area contributed by atoms with E-state index in [1.54, 1.807) is 4.68 Å².